The fourth-order valence-electron chi connectivity index (χ4n) is 6.26. The van der Waals surface area contributed by atoms with Crippen LogP contribution in [0.25, 0.3) is 11.4 Å². The second-order valence-corrected chi connectivity index (χ2v) is 10.3. The molecule has 0 radical (unpaired) electrons. The number of hydrogen-bond acceptors (Lipinski definition) is 4. The van der Waals surface area contributed by atoms with E-state index in [2.05, 4.69) is 15.5 Å². The van der Waals surface area contributed by atoms with E-state index >= 15 is 0 Å². The number of amides is 1. The van der Waals surface area contributed by atoms with Crippen molar-refractivity contribution in [1.29, 1.82) is 0 Å². The number of nitrogens with zero attached hydrogens (tertiary/aromatic N) is 3. The molecule has 4 fully saturated rings. The van der Waals surface area contributed by atoms with E-state index in [-0.39, 0.29) is 11.7 Å². The van der Waals surface area contributed by atoms with Crippen molar-refractivity contribution >= 4 is 17.7 Å². The van der Waals surface area contributed by atoms with Crippen LogP contribution in [-0.4, -0.2) is 33.0 Å². The summed E-state index contributed by atoms with van der Waals surface area (Å²) in [5, 5.41) is 12.3. The van der Waals surface area contributed by atoms with Crippen molar-refractivity contribution in [3.63, 3.8) is 0 Å². The highest BCUT2D eigenvalue weighted by atomic mass is 32.2. The minimum absolute atomic E-state index is 0.0667. The van der Waals surface area contributed by atoms with E-state index < -0.39 is 0 Å². The highest BCUT2D eigenvalue weighted by Crippen LogP contribution is 2.59. The van der Waals surface area contributed by atoms with E-state index in [1.165, 1.54) is 62.4 Å². The van der Waals surface area contributed by atoms with E-state index in [0.29, 0.717) is 22.1 Å². The summed E-state index contributed by atoms with van der Waals surface area (Å²) < 4.78 is 15.0. The zero-order valence-electron chi connectivity index (χ0n) is 16.7. The molecule has 1 aromatic heterocycles. The lowest BCUT2D eigenvalue weighted by Gasteiger charge is -2.56. The molecule has 0 saturated heterocycles. The smallest absolute Gasteiger partial charge is 0.230 e. The number of aromatic nitrogens is 3. The van der Waals surface area contributed by atoms with Gasteiger partial charge in [0.15, 0.2) is 11.0 Å². The second-order valence-electron chi connectivity index (χ2n) is 9.36. The number of carbonyl (C=O) groups is 1. The van der Waals surface area contributed by atoms with Crippen LogP contribution >= 0.6 is 11.8 Å². The molecule has 6 rings (SSSR count). The number of carbonyl (C=O) groups excluding carboxylic acids is 1. The Balaban J connectivity index is 1.16. The van der Waals surface area contributed by atoms with Gasteiger partial charge in [0.25, 0.3) is 0 Å². The highest BCUT2D eigenvalue weighted by molar-refractivity contribution is 7.99. The van der Waals surface area contributed by atoms with Crippen LogP contribution in [-0.2, 0) is 11.8 Å². The third kappa shape index (κ3) is 3.81. The lowest BCUT2D eigenvalue weighted by Crippen LogP contribution is -2.51. The van der Waals surface area contributed by atoms with Crippen molar-refractivity contribution in [1.82, 2.24) is 20.1 Å². The summed E-state index contributed by atoms with van der Waals surface area (Å²) in [6.45, 7) is 0.829. The van der Waals surface area contributed by atoms with Gasteiger partial charge in [-0.15, -0.1) is 10.2 Å². The van der Waals surface area contributed by atoms with E-state index in [1.54, 1.807) is 12.1 Å². The number of hydrogen-bond donors (Lipinski definition) is 1. The Hall–Kier alpha value is -1.89. The summed E-state index contributed by atoms with van der Waals surface area (Å²) in [7, 11) is 1.87. The summed E-state index contributed by atoms with van der Waals surface area (Å²) in [5.74, 6) is 3.49. The first-order valence-corrected chi connectivity index (χ1v) is 11.5. The van der Waals surface area contributed by atoms with Crippen LogP contribution in [0.2, 0.25) is 0 Å². The zero-order chi connectivity index (χ0) is 20.0. The standard InChI is InChI=1S/C22H27FN4OS/c1-27-20(17-2-4-18(23)5-3-17)25-26-21(27)29-12-19(28)24-13-22-9-14-6-15(10-22)8-16(7-14)11-22/h2-5,14-16H,6-13H2,1H3,(H,24,28). The summed E-state index contributed by atoms with van der Waals surface area (Å²) in [4.78, 5) is 12.5. The van der Waals surface area contributed by atoms with Gasteiger partial charge in [-0.05, 0) is 86.0 Å². The molecule has 5 nitrogen and oxygen atoms in total. The fourth-order valence-corrected chi connectivity index (χ4v) is 7.01. The summed E-state index contributed by atoms with van der Waals surface area (Å²) >= 11 is 1.39. The molecule has 0 atom stereocenters. The van der Waals surface area contributed by atoms with Crippen molar-refractivity contribution in [3.05, 3.63) is 30.1 Å². The molecule has 29 heavy (non-hydrogen) atoms. The zero-order valence-corrected chi connectivity index (χ0v) is 17.6. The van der Waals surface area contributed by atoms with Gasteiger partial charge in [-0.2, -0.15) is 0 Å². The van der Waals surface area contributed by atoms with Gasteiger partial charge in [0.05, 0.1) is 5.75 Å². The average molecular weight is 415 g/mol. The maximum absolute atomic E-state index is 13.1. The van der Waals surface area contributed by atoms with Crippen LogP contribution in [0.15, 0.2) is 29.4 Å². The number of rotatable bonds is 6. The maximum Gasteiger partial charge on any atom is 0.230 e. The first kappa shape index (κ1) is 19.1. The molecule has 4 aliphatic rings. The molecule has 4 aliphatic carbocycles. The van der Waals surface area contributed by atoms with Crippen molar-refractivity contribution < 1.29 is 9.18 Å². The van der Waals surface area contributed by atoms with Crippen molar-refractivity contribution in [3.8, 4) is 11.4 Å². The van der Waals surface area contributed by atoms with E-state index in [9.17, 15) is 9.18 Å². The van der Waals surface area contributed by atoms with Crippen molar-refractivity contribution in [2.45, 2.75) is 43.7 Å². The quantitative estimate of drug-likeness (QED) is 0.725. The van der Waals surface area contributed by atoms with Crippen LogP contribution in [0.3, 0.4) is 0 Å². The summed E-state index contributed by atoms with van der Waals surface area (Å²) in [6, 6.07) is 6.20. The monoisotopic (exact) mass is 414 g/mol. The molecule has 7 heteroatoms. The average Bonchev–Trinajstić information content (AvgIpc) is 3.05. The Kier molecular flexibility index (Phi) is 4.88. The molecule has 154 valence electrons. The molecule has 4 bridgehead atoms. The number of halogens is 1. The Bertz CT molecular complexity index is 875. The topological polar surface area (TPSA) is 59.8 Å². The summed E-state index contributed by atoms with van der Waals surface area (Å²) in [6.07, 6.45) is 8.17. The lowest BCUT2D eigenvalue weighted by molar-refractivity contribution is -0.120. The normalized spacial score (nSPS) is 29.9. The van der Waals surface area contributed by atoms with Gasteiger partial charge in [-0.25, -0.2) is 4.39 Å². The fraction of sp³-hybridized carbons (Fsp3) is 0.591. The Morgan fingerprint density at radius 3 is 2.38 bits per heavy atom. The maximum atomic E-state index is 13.1. The van der Waals surface area contributed by atoms with Gasteiger partial charge in [-0.3, -0.25) is 4.79 Å². The van der Waals surface area contributed by atoms with Gasteiger partial charge in [0, 0.05) is 19.2 Å². The van der Waals surface area contributed by atoms with Gasteiger partial charge in [0.1, 0.15) is 5.82 Å². The third-order valence-electron chi connectivity index (χ3n) is 7.10. The predicted octanol–water partition coefficient (Wildman–Crippen LogP) is 4.05. The first-order valence-electron chi connectivity index (χ1n) is 10.5. The van der Waals surface area contributed by atoms with E-state index in [0.717, 1.165) is 29.9 Å². The van der Waals surface area contributed by atoms with Gasteiger partial charge < -0.3 is 9.88 Å². The van der Waals surface area contributed by atoms with Crippen LogP contribution in [0.1, 0.15) is 38.5 Å². The predicted molar refractivity (Wildman–Crippen MR) is 111 cm³/mol. The molecule has 1 amide bonds. The van der Waals surface area contributed by atoms with Crippen LogP contribution in [0.4, 0.5) is 4.39 Å². The molecule has 1 N–H and O–H groups in total. The van der Waals surface area contributed by atoms with Crippen molar-refractivity contribution in [2.75, 3.05) is 12.3 Å². The van der Waals surface area contributed by atoms with Crippen LogP contribution in [0.5, 0.6) is 0 Å². The summed E-state index contributed by atoms with van der Waals surface area (Å²) in [5.41, 5.74) is 1.16. The number of benzene rings is 1. The van der Waals surface area contributed by atoms with Crippen LogP contribution < -0.4 is 5.32 Å². The molecular formula is C22H27FN4OS. The molecule has 0 unspecified atom stereocenters. The first-order chi connectivity index (χ1) is 14.0. The number of thioether (sulfide) groups is 1. The van der Waals surface area contributed by atoms with Gasteiger partial charge in [-0.1, -0.05) is 11.8 Å². The molecule has 2 aromatic rings. The molecule has 0 aliphatic heterocycles. The Labute approximate surface area is 174 Å². The largest absolute Gasteiger partial charge is 0.355 e. The Morgan fingerprint density at radius 1 is 1.14 bits per heavy atom. The molecule has 0 spiro atoms. The third-order valence-corrected chi connectivity index (χ3v) is 8.12. The minimum Gasteiger partial charge on any atom is -0.355 e. The molecular weight excluding hydrogens is 387 g/mol. The molecule has 1 aromatic carbocycles. The van der Waals surface area contributed by atoms with E-state index in [1.807, 2.05) is 11.6 Å². The minimum atomic E-state index is -0.277. The van der Waals surface area contributed by atoms with Crippen molar-refractivity contribution in [2.24, 2.45) is 30.2 Å². The van der Waals surface area contributed by atoms with E-state index in [4.69, 9.17) is 0 Å². The molecule has 1 heterocycles. The number of nitrogens with one attached hydrogen (secondary N) is 1. The van der Waals surface area contributed by atoms with Gasteiger partial charge in [0.2, 0.25) is 5.91 Å². The Morgan fingerprint density at radius 2 is 1.76 bits per heavy atom. The lowest BCUT2D eigenvalue weighted by atomic mass is 9.49. The second kappa shape index (κ2) is 7.42. The highest BCUT2D eigenvalue weighted by Gasteiger charge is 2.50. The molecule has 4 saturated carbocycles. The SMILES string of the molecule is Cn1c(SCC(=O)NCC23CC4CC(CC(C4)C2)C3)nnc1-c1ccc(F)cc1. The van der Waals surface area contributed by atoms with Crippen LogP contribution in [0, 0.1) is 29.0 Å². The van der Waals surface area contributed by atoms with Gasteiger partial charge >= 0.3 is 0 Å².